The summed E-state index contributed by atoms with van der Waals surface area (Å²) in [5, 5.41) is 11.8. The molecular weight excluding hydrogens is 314 g/mol. The number of anilines is 1. The van der Waals surface area contributed by atoms with Crippen molar-refractivity contribution in [3.63, 3.8) is 0 Å². The van der Waals surface area contributed by atoms with E-state index in [2.05, 4.69) is 41.2 Å². The first-order chi connectivity index (χ1) is 12.0. The maximum atomic E-state index is 12.5. The first kappa shape index (κ1) is 18.1. The molecule has 0 aliphatic carbocycles. The Labute approximate surface area is 151 Å². The van der Waals surface area contributed by atoms with Gasteiger partial charge in [0.2, 0.25) is 0 Å². The molecule has 3 heterocycles. The molecule has 0 unspecified atom stereocenters. The van der Waals surface area contributed by atoms with Gasteiger partial charge in [0.05, 0.1) is 0 Å². The van der Waals surface area contributed by atoms with Crippen LogP contribution in [0.25, 0.3) is 0 Å². The van der Waals surface area contributed by atoms with Crippen molar-refractivity contribution in [3.05, 3.63) is 17.8 Å². The van der Waals surface area contributed by atoms with Crippen molar-refractivity contribution >= 4 is 11.7 Å². The number of hydrogen-bond donors (Lipinski definition) is 1. The number of carbonyl (C=O) groups excluding carboxylic acids is 1. The topological polar surface area (TPSA) is 61.4 Å². The molecule has 1 aromatic heterocycles. The first-order valence-electron chi connectivity index (χ1n) is 9.55. The molecule has 6 heteroatoms. The van der Waals surface area contributed by atoms with E-state index in [0.717, 1.165) is 51.0 Å². The van der Waals surface area contributed by atoms with E-state index in [-0.39, 0.29) is 5.91 Å². The molecule has 3 rings (SSSR count). The fourth-order valence-electron chi connectivity index (χ4n) is 4.10. The highest BCUT2D eigenvalue weighted by atomic mass is 16.2. The minimum Gasteiger partial charge on any atom is -0.355 e. The maximum absolute atomic E-state index is 12.5. The minimum absolute atomic E-state index is 0.0105. The van der Waals surface area contributed by atoms with Gasteiger partial charge in [0, 0.05) is 39.3 Å². The number of hydrogen-bond acceptors (Lipinski definition) is 5. The van der Waals surface area contributed by atoms with Crippen LogP contribution in [0.3, 0.4) is 0 Å². The molecule has 25 heavy (non-hydrogen) atoms. The standard InChI is InChI=1S/C19H31N5O/c1-15(2)14-19(3)6-10-23(11-7-19)17-5-4-16(21-22-17)18(25)24-12-8-20-9-13-24/h4-5,15,20H,6-14H2,1-3H3. The number of rotatable bonds is 4. The zero-order valence-corrected chi connectivity index (χ0v) is 15.8. The summed E-state index contributed by atoms with van der Waals surface area (Å²) in [7, 11) is 0. The zero-order valence-electron chi connectivity index (χ0n) is 15.8. The normalized spacial score (nSPS) is 20.8. The Morgan fingerprint density at radius 3 is 2.40 bits per heavy atom. The molecule has 138 valence electrons. The van der Waals surface area contributed by atoms with Gasteiger partial charge < -0.3 is 15.1 Å². The molecule has 2 aliphatic rings. The van der Waals surface area contributed by atoms with Crippen LogP contribution in [0.5, 0.6) is 0 Å². The number of nitrogens with one attached hydrogen (secondary N) is 1. The summed E-state index contributed by atoms with van der Waals surface area (Å²) in [4.78, 5) is 16.6. The van der Waals surface area contributed by atoms with Crippen LogP contribution in [0.15, 0.2) is 12.1 Å². The van der Waals surface area contributed by atoms with Crippen LogP contribution < -0.4 is 10.2 Å². The van der Waals surface area contributed by atoms with Gasteiger partial charge in [0.1, 0.15) is 0 Å². The van der Waals surface area contributed by atoms with Crippen LogP contribution in [0, 0.1) is 11.3 Å². The quantitative estimate of drug-likeness (QED) is 0.906. The Balaban J connectivity index is 1.58. The van der Waals surface area contributed by atoms with Crippen molar-refractivity contribution < 1.29 is 4.79 Å². The molecule has 1 N–H and O–H groups in total. The van der Waals surface area contributed by atoms with Crippen LogP contribution in [-0.2, 0) is 0 Å². The Morgan fingerprint density at radius 2 is 1.84 bits per heavy atom. The predicted octanol–water partition coefficient (Wildman–Crippen LogP) is 2.17. The lowest BCUT2D eigenvalue weighted by Crippen LogP contribution is -2.46. The highest BCUT2D eigenvalue weighted by Gasteiger charge is 2.31. The average molecular weight is 345 g/mol. The van der Waals surface area contributed by atoms with E-state index in [9.17, 15) is 4.79 Å². The second-order valence-electron chi connectivity index (χ2n) is 8.21. The van der Waals surface area contributed by atoms with Crippen molar-refractivity contribution in [2.45, 2.75) is 40.0 Å². The number of amides is 1. The highest BCUT2D eigenvalue weighted by molar-refractivity contribution is 5.92. The Kier molecular flexibility index (Phi) is 5.57. The van der Waals surface area contributed by atoms with E-state index in [1.54, 1.807) is 0 Å². The summed E-state index contributed by atoms with van der Waals surface area (Å²) in [6.45, 7) is 12.2. The summed E-state index contributed by atoms with van der Waals surface area (Å²) in [5.74, 6) is 1.62. The second-order valence-corrected chi connectivity index (χ2v) is 8.21. The Morgan fingerprint density at radius 1 is 1.16 bits per heavy atom. The van der Waals surface area contributed by atoms with Gasteiger partial charge in [-0.2, -0.15) is 0 Å². The number of piperazine rings is 1. The van der Waals surface area contributed by atoms with Gasteiger partial charge in [-0.15, -0.1) is 10.2 Å². The van der Waals surface area contributed by atoms with E-state index in [0.29, 0.717) is 11.1 Å². The summed E-state index contributed by atoms with van der Waals surface area (Å²) in [5.41, 5.74) is 0.892. The fraction of sp³-hybridized carbons (Fsp3) is 0.737. The van der Waals surface area contributed by atoms with E-state index >= 15 is 0 Å². The Hall–Kier alpha value is -1.69. The van der Waals surface area contributed by atoms with Gasteiger partial charge in [-0.25, -0.2) is 0 Å². The lowest BCUT2D eigenvalue weighted by atomic mass is 9.74. The SMILES string of the molecule is CC(C)CC1(C)CCN(c2ccc(C(=O)N3CCNCC3)nn2)CC1. The molecule has 0 bridgehead atoms. The second kappa shape index (κ2) is 7.68. The molecule has 1 amide bonds. The minimum atomic E-state index is -0.0105. The van der Waals surface area contributed by atoms with Crippen LogP contribution in [0.2, 0.25) is 0 Å². The van der Waals surface area contributed by atoms with Gasteiger partial charge in [-0.3, -0.25) is 4.79 Å². The van der Waals surface area contributed by atoms with Crippen LogP contribution in [-0.4, -0.2) is 60.3 Å². The number of carbonyl (C=O) groups is 1. The average Bonchev–Trinajstić information content (AvgIpc) is 2.62. The fourth-order valence-corrected chi connectivity index (χ4v) is 4.10. The highest BCUT2D eigenvalue weighted by Crippen LogP contribution is 2.37. The van der Waals surface area contributed by atoms with Gasteiger partial charge in [-0.05, 0) is 42.7 Å². The lowest BCUT2D eigenvalue weighted by Gasteiger charge is -2.40. The molecule has 0 radical (unpaired) electrons. The van der Waals surface area contributed by atoms with Crippen molar-refractivity contribution in [2.24, 2.45) is 11.3 Å². The first-order valence-corrected chi connectivity index (χ1v) is 9.55. The molecule has 0 spiro atoms. The molecule has 0 saturated carbocycles. The van der Waals surface area contributed by atoms with Crippen molar-refractivity contribution in [1.29, 1.82) is 0 Å². The van der Waals surface area contributed by atoms with E-state index in [1.165, 1.54) is 19.3 Å². The number of piperidine rings is 1. The van der Waals surface area contributed by atoms with Gasteiger partial charge >= 0.3 is 0 Å². The molecule has 2 saturated heterocycles. The van der Waals surface area contributed by atoms with Crippen molar-refractivity contribution in [1.82, 2.24) is 20.4 Å². The maximum Gasteiger partial charge on any atom is 0.274 e. The van der Waals surface area contributed by atoms with E-state index in [1.807, 2.05) is 17.0 Å². The third-order valence-electron chi connectivity index (χ3n) is 5.47. The number of nitrogens with zero attached hydrogens (tertiary/aromatic N) is 4. The summed E-state index contributed by atoms with van der Waals surface area (Å²) in [6.07, 6.45) is 3.66. The molecule has 6 nitrogen and oxygen atoms in total. The molecular formula is C19H31N5O. The molecule has 0 atom stereocenters. The largest absolute Gasteiger partial charge is 0.355 e. The van der Waals surface area contributed by atoms with Crippen molar-refractivity contribution in [2.75, 3.05) is 44.2 Å². The lowest BCUT2D eigenvalue weighted by molar-refractivity contribution is 0.0728. The van der Waals surface area contributed by atoms with E-state index in [4.69, 9.17) is 0 Å². The van der Waals surface area contributed by atoms with Crippen LogP contribution >= 0.6 is 0 Å². The monoisotopic (exact) mass is 345 g/mol. The molecule has 1 aromatic rings. The van der Waals surface area contributed by atoms with Gasteiger partial charge in [-0.1, -0.05) is 20.8 Å². The number of aromatic nitrogens is 2. The molecule has 2 fully saturated rings. The molecule has 0 aromatic carbocycles. The predicted molar refractivity (Wildman–Crippen MR) is 99.8 cm³/mol. The van der Waals surface area contributed by atoms with Gasteiger partial charge in [0.15, 0.2) is 11.5 Å². The van der Waals surface area contributed by atoms with Crippen LogP contribution in [0.1, 0.15) is 50.5 Å². The molecule has 2 aliphatic heterocycles. The third-order valence-corrected chi connectivity index (χ3v) is 5.47. The summed E-state index contributed by atoms with van der Waals surface area (Å²) in [6, 6.07) is 3.78. The van der Waals surface area contributed by atoms with Gasteiger partial charge in [0.25, 0.3) is 5.91 Å². The van der Waals surface area contributed by atoms with E-state index < -0.39 is 0 Å². The summed E-state index contributed by atoms with van der Waals surface area (Å²) >= 11 is 0. The smallest absolute Gasteiger partial charge is 0.274 e. The van der Waals surface area contributed by atoms with Crippen LogP contribution in [0.4, 0.5) is 5.82 Å². The third kappa shape index (κ3) is 4.48. The zero-order chi connectivity index (χ0) is 17.9. The Bertz CT molecular complexity index is 572. The summed E-state index contributed by atoms with van der Waals surface area (Å²) < 4.78 is 0. The van der Waals surface area contributed by atoms with Crippen molar-refractivity contribution in [3.8, 4) is 0 Å².